The van der Waals surface area contributed by atoms with Crippen LogP contribution in [0.25, 0.3) is 0 Å². The third-order valence-corrected chi connectivity index (χ3v) is 1.50. The first-order chi connectivity index (χ1) is 4.18. The van der Waals surface area contributed by atoms with Crippen molar-refractivity contribution in [1.82, 2.24) is 0 Å². The molecule has 0 aromatic heterocycles. The van der Waals surface area contributed by atoms with Crippen LogP contribution in [-0.4, -0.2) is 17.8 Å². The van der Waals surface area contributed by atoms with E-state index in [0.717, 1.165) is 11.7 Å². The highest BCUT2D eigenvalue weighted by molar-refractivity contribution is 7.98. The molecule has 0 unspecified atom stereocenters. The Labute approximate surface area is 76.6 Å². The Morgan fingerprint density at radius 3 is 1.70 bits per heavy atom. The second kappa shape index (κ2) is 16.4. The highest BCUT2D eigenvalue weighted by Crippen LogP contribution is 2.00. The molecule has 0 atom stereocenters. The molecule has 0 aliphatic heterocycles. The van der Waals surface area contributed by atoms with Crippen LogP contribution in [0.4, 0.5) is 0 Å². The van der Waals surface area contributed by atoms with Gasteiger partial charge in [-0.3, -0.25) is 0 Å². The van der Waals surface area contributed by atoms with Gasteiger partial charge in [0.25, 0.3) is 0 Å². The second-order valence-corrected chi connectivity index (χ2v) is 3.71. The van der Waals surface area contributed by atoms with Gasteiger partial charge in [-0.05, 0) is 23.7 Å². The lowest BCUT2D eigenvalue weighted by molar-refractivity contribution is 0.751. The molecule has 0 N–H and O–H groups in total. The van der Waals surface area contributed by atoms with Gasteiger partial charge in [-0.25, -0.2) is 0 Å². The predicted octanol–water partition coefficient (Wildman–Crippen LogP) is 3.58. The lowest BCUT2D eigenvalue weighted by Crippen LogP contribution is -1.87. The maximum Gasteiger partial charge on any atom is -0.00472 e. The number of rotatable bonds is 2. The van der Waals surface area contributed by atoms with Gasteiger partial charge < -0.3 is 0 Å². The van der Waals surface area contributed by atoms with Gasteiger partial charge in [0.05, 0.1) is 0 Å². The molecule has 66 valence electrons. The Bertz CT molecular complexity index is 36.2. The van der Waals surface area contributed by atoms with Gasteiger partial charge >= 0.3 is 0 Å². The summed E-state index contributed by atoms with van der Waals surface area (Å²) in [5.41, 5.74) is 0. The van der Waals surface area contributed by atoms with E-state index >= 15 is 0 Å². The summed E-state index contributed by atoms with van der Waals surface area (Å²) in [6.07, 6.45) is 2.14. The molecule has 0 bridgehead atoms. The van der Waals surface area contributed by atoms with E-state index in [1.54, 1.807) is 0 Å². The zero-order valence-electron chi connectivity index (χ0n) is 6.85. The Morgan fingerprint density at radius 2 is 1.70 bits per heavy atom. The summed E-state index contributed by atoms with van der Waals surface area (Å²) in [4.78, 5) is 0. The van der Waals surface area contributed by atoms with Crippen molar-refractivity contribution in [2.75, 3.05) is 17.8 Å². The lowest BCUT2D eigenvalue weighted by Gasteiger charge is -1.95. The van der Waals surface area contributed by atoms with Gasteiger partial charge in [-0.2, -0.15) is 24.4 Å². The standard InChI is InChI=1S/C5H12S.C2H6S.CH4/c1-5(2)4-6-3;1-2-3;/h5H,4H2,1-3H3;3H,2H2,1H3;1H4. The third-order valence-electron chi connectivity index (χ3n) is 0.500. The van der Waals surface area contributed by atoms with Gasteiger partial charge in [0, 0.05) is 0 Å². The maximum atomic E-state index is 3.79. The smallest absolute Gasteiger partial charge is 0.00472 e. The molecule has 0 aliphatic rings. The fraction of sp³-hybridized carbons (Fsp3) is 1.00. The van der Waals surface area contributed by atoms with Crippen LogP contribution in [0.5, 0.6) is 0 Å². The fourth-order valence-electron chi connectivity index (χ4n) is 0.333. The van der Waals surface area contributed by atoms with E-state index in [2.05, 4.69) is 32.7 Å². The number of hydrogen-bond donors (Lipinski definition) is 1. The molecule has 0 fully saturated rings. The van der Waals surface area contributed by atoms with Gasteiger partial charge in [-0.1, -0.05) is 28.2 Å². The molecule has 0 amide bonds. The summed E-state index contributed by atoms with van der Waals surface area (Å²) in [6.45, 7) is 6.45. The minimum absolute atomic E-state index is 0. The molecule has 0 heterocycles. The van der Waals surface area contributed by atoms with E-state index in [9.17, 15) is 0 Å². The minimum Gasteiger partial charge on any atom is -0.180 e. The van der Waals surface area contributed by atoms with Crippen molar-refractivity contribution in [3.8, 4) is 0 Å². The zero-order valence-corrected chi connectivity index (χ0v) is 8.56. The van der Waals surface area contributed by atoms with Crippen molar-refractivity contribution in [3.05, 3.63) is 0 Å². The molecular weight excluding hydrogens is 160 g/mol. The molecule has 0 aromatic rings. The van der Waals surface area contributed by atoms with Crippen molar-refractivity contribution < 1.29 is 0 Å². The van der Waals surface area contributed by atoms with E-state index in [4.69, 9.17) is 0 Å². The molecule has 0 saturated carbocycles. The van der Waals surface area contributed by atoms with Crippen LogP contribution in [0.1, 0.15) is 28.2 Å². The summed E-state index contributed by atoms with van der Waals surface area (Å²) in [7, 11) is 0. The SMILES string of the molecule is C.CCS.CSCC(C)C. The third kappa shape index (κ3) is 37.7. The van der Waals surface area contributed by atoms with Crippen LogP contribution in [0.15, 0.2) is 0 Å². The first kappa shape index (κ1) is 17.0. The number of hydrogen-bond acceptors (Lipinski definition) is 2. The Balaban J connectivity index is -0.000000107. The normalized spacial score (nSPS) is 7.80. The molecule has 0 nitrogen and oxygen atoms in total. The van der Waals surface area contributed by atoms with Crippen LogP contribution in [0, 0.1) is 5.92 Å². The second-order valence-electron chi connectivity index (χ2n) is 2.17. The van der Waals surface area contributed by atoms with Crippen LogP contribution >= 0.6 is 24.4 Å². The highest BCUT2D eigenvalue weighted by atomic mass is 32.2. The van der Waals surface area contributed by atoms with Crippen molar-refractivity contribution in [3.63, 3.8) is 0 Å². The monoisotopic (exact) mass is 182 g/mol. The van der Waals surface area contributed by atoms with E-state index < -0.39 is 0 Å². The van der Waals surface area contributed by atoms with E-state index in [0.29, 0.717) is 0 Å². The molecule has 0 radical (unpaired) electrons. The number of thioether (sulfide) groups is 1. The van der Waals surface area contributed by atoms with Crippen LogP contribution in [0.3, 0.4) is 0 Å². The zero-order chi connectivity index (χ0) is 7.70. The van der Waals surface area contributed by atoms with Crippen LogP contribution < -0.4 is 0 Å². The van der Waals surface area contributed by atoms with E-state index in [-0.39, 0.29) is 7.43 Å². The van der Waals surface area contributed by atoms with Gasteiger partial charge in [0.1, 0.15) is 0 Å². The van der Waals surface area contributed by atoms with Crippen molar-refractivity contribution in [2.45, 2.75) is 28.2 Å². The summed E-state index contributed by atoms with van der Waals surface area (Å²) in [6, 6.07) is 0. The summed E-state index contributed by atoms with van der Waals surface area (Å²) in [5.74, 6) is 3.10. The van der Waals surface area contributed by atoms with Crippen molar-refractivity contribution >= 4 is 24.4 Å². The van der Waals surface area contributed by atoms with Gasteiger partial charge in [0.2, 0.25) is 0 Å². The summed E-state index contributed by atoms with van der Waals surface area (Å²) < 4.78 is 0. The first-order valence-electron chi connectivity index (χ1n) is 3.28. The summed E-state index contributed by atoms with van der Waals surface area (Å²) >= 11 is 5.70. The molecule has 2 heteroatoms. The fourth-order valence-corrected chi connectivity index (χ4v) is 1.00. The molecule has 0 rings (SSSR count). The quantitative estimate of drug-likeness (QED) is 0.637. The van der Waals surface area contributed by atoms with Crippen molar-refractivity contribution in [1.29, 1.82) is 0 Å². The first-order valence-corrected chi connectivity index (χ1v) is 5.31. The Kier molecular flexibility index (Phi) is 27.8. The van der Waals surface area contributed by atoms with Gasteiger partial charge in [-0.15, -0.1) is 0 Å². The Hall–Kier alpha value is 0.700. The average molecular weight is 182 g/mol. The van der Waals surface area contributed by atoms with Crippen molar-refractivity contribution in [2.24, 2.45) is 5.92 Å². The minimum atomic E-state index is 0. The Morgan fingerprint density at radius 1 is 1.40 bits per heavy atom. The van der Waals surface area contributed by atoms with Gasteiger partial charge in [0.15, 0.2) is 0 Å². The lowest BCUT2D eigenvalue weighted by atomic mass is 10.3. The van der Waals surface area contributed by atoms with Crippen LogP contribution in [0.2, 0.25) is 0 Å². The molecule has 0 aliphatic carbocycles. The topological polar surface area (TPSA) is 0 Å². The van der Waals surface area contributed by atoms with E-state index in [1.807, 2.05) is 18.7 Å². The highest BCUT2D eigenvalue weighted by Gasteiger charge is 1.85. The molecule has 0 spiro atoms. The molecule has 10 heavy (non-hydrogen) atoms. The predicted molar refractivity (Wildman–Crippen MR) is 59.5 cm³/mol. The molecule has 0 saturated heterocycles. The largest absolute Gasteiger partial charge is 0.180 e. The average Bonchev–Trinajstić information content (AvgIpc) is 1.67. The maximum absolute atomic E-state index is 3.79. The van der Waals surface area contributed by atoms with Crippen LogP contribution in [-0.2, 0) is 0 Å². The summed E-state index contributed by atoms with van der Waals surface area (Å²) in [5, 5.41) is 0. The number of thiol groups is 1. The molecular formula is C8H22S2. The molecule has 0 aromatic carbocycles. The van der Waals surface area contributed by atoms with E-state index in [1.165, 1.54) is 5.75 Å².